The quantitative estimate of drug-likeness (QED) is 0.728. The number of halogens is 1. The van der Waals surface area contributed by atoms with Crippen LogP contribution in [0.1, 0.15) is 45.0 Å². The molecule has 0 aliphatic heterocycles. The zero-order valence-corrected chi connectivity index (χ0v) is 10.1. The molecule has 1 aliphatic carbocycles. The first-order valence-electron chi connectivity index (χ1n) is 5.66. The fourth-order valence-corrected chi connectivity index (χ4v) is 2.61. The second kappa shape index (κ2) is 4.52. The number of hydrogen-bond acceptors (Lipinski definition) is 2. The summed E-state index contributed by atoms with van der Waals surface area (Å²) in [4.78, 5) is 4.17. The van der Waals surface area contributed by atoms with Gasteiger partial charge in [-0.3, -0.25) is 0 Å². The lowest BCUT2D eigenvalue weighted by atomic mass is 9.79. The van der Waals surface area contributed by atoms with Crippen molar-refractivity contribution in [1.82, 2.24) is 14.8 Å². The van der Waals surface area contributed by atoms with Gasteiger partial charge in [0.15, 0.2) is 0 Å². The lowest BCUT2D eigenvalue weighted by Gasteiger charge is -2.32. The molecule has 3 nitrogen and oxygen atoms in total. The molecule has 3 unspecified atom stereocenters. The standard InChI is InChI=1S/C11H18ClN3/c1-8-3-4-10(5-9(8)2)15-11(6-12)13-7-14-15/h7-10H,3-6H2,1-2H3. The summed E-state index contributed by atoms with van der Waals surface area (Å²) in [6, 6.07) is 0.507. The predicted molar refractivity (Wildman–Crippen MR) is 60.8 cm³/mol. The van der Waals surface area contributed by atoms with E-state index in [1.165, 1.54) is 19.3 Å². The lowest BCUT2D eigenvalue weighted by Crippen LogP contribution is -2.25. The van der Waals surface area contributed by atoms with E-state index in [0.29, 0.717) is 11.9 Å². The summed E-state index contributed by atoms with van der Waals surface area (Å²) in [5.41, 5.74) is 0. The number of hydrogen-bond donors (Lipinski definition) is 0. The van der Waals surface area contributed by atoms with Crippen molar-refractivity contribution in [1.29, 1.82) is 0 Å². The van der Waals surface area contributed by atoms with E-state index < -0.39 is 0 Å². The zero-order valence-electron chi connectivity index (χ0n) is 9.36. The number of nitrogens with zero attached hydrogens (tertiary/aromatic N) is 3. The van der Waals surface area contributed by atoms with Crippen molar-refractivity contribution in [2.45, 2.75) is 45.0 Å². The van der Waals surface area contributed by atoms with Crippen LogP contribution in [-0.2, 0) is 5.88 Å². The van der Waals surface area contributed by atoms with Gasteiger partial charge in [0.05, 0.1) is 11.9 Å². The van der Waals surface area contributed by atoms with E-state index in [1.54, 1.807) is 6.33 Å². The molecule has 1 fully saturated rings. The Morgan fingerprint density at radius 2 is 2.20 bits per heavy atom. The summed E-state index contributed by atoms with van der Waals surface area (Å²) >= 11 is 5.83. The summed E-state index contributed by atoms with van der Waals surface area (Å²) in [6.07, 6.45) is 5.31. The van der Waals surface area contributed by atoms with E-state index >= 15 is 0 Å². The van der Waals surface area contributed by atoms with Crippen molar-refractivity contribution in [3.8, 4) is 0 Å². The number of rotatable bonds is 2. The fraction of sp³-hybridized carbons (Fsp3) is 0.818. The molecule has 1 heterocycles. The third kappa shape index (κ3) is 2.17. The highest BCUT2D eigenvalue weighted by Crippen LogP contribution is 2.36. The summed E-state index contributed by atoms with van der Waals surface area (Å²) in [7, 11) is 0. The van der Waals surface area contributed by atoms with Gasteiger partial charge in [0.1, 0.15) is 12.2 Å². The van der Waals surface area contributed by atoms with Crippen molar-refractivity contribution in [2.24, 2.45) is 11.8 Å². The molecule has 0 aromatic carbocycles. The van der Waals surface area contributed by atoms with E-state index in [-0.39, 0.29) is 0 Å². The van der Waals surface area contributed by atoms with Crippen molar-refractivity contribution >= 4 is 11.6 Å². The van der Waals surface area contributed by atoms with E-state index in [2.05, 4.69) is 23.9 Å². The molecule has 0 amide bonds. The Kier molecular flexibility index (Phi) is 3.29. The summed E-state index contributed by atoms with van der Waals surface area (Å²) in [5, 5.41) is 4.29. The van der Waals surface area contributed by atoms with Gasteiger partial charge in [-0.25, -0.2) is 9.67 Å². The Balaban J connectivity index is 2.11. The maximum Gasteiger partial charge on any atom is 0.142 e. The third-order valence-electron chi connectivity index (χ3n) is 3.68. The number of aromatic nitrogens is 3. The third-order valence-corrected chi connectivity index (χ3v) is 3.92. The van der Waals surface area contributed by atoms with Crippen LogP contribution in [0, 0.1) is 11.8 Å². The minimum Gasteiger partial charge on any atom is -0.246 e. The van der Waals surface area contributed by atoms with E-state index in [1.807, 2.05) is 4.68 Å². The lowest BCUT2D eigenvalue weighted by molar-refractivity contribution is 0.198. The van der Waals surface area contributed by atoms with Gasteiger partial charge in [-0.1, -0.05) is 13.8 Å². The normalized spacial score (nSPS) is 31.8. The van der Waals surface area contributed by atoms with Crippen LogP contribution in [0.3, 0.4) is 0 Å². The van der Waals surface area contributed by atoms with E-state index in [9.17, 15) is 0 Å². The topological polar surface area (TPSA) is 30.7 Å². The molecule has 0 bridgehead atoms. The molecule has 4 heteroatoms. The number of alkyl halides is 1. The second-order valence-corrected chi connectivity index (χ2v) is 4.94. The SMILES string of the molecule is CC1CCC(n2ncnc2CCl)CC1C. The molecule has 1 saturated carbocycles. The van der Waals surface area contributed by atoms with Gasteiger partial charge in [-0.2, -0.15) is 5.10 Å². The van der Waals surface area contributed by atoms with Crippen LogP contribution in [-0.4, -0.2) is 14.8 Å². The van der Waals surface area contributed by atoms with Crippen LogP contribution in [0.2, 0.25) is 0 Å². The minimum absolute atomic E-state index is 0.459. The first-order chi connectivity index (χ1) is 7.22. The van der Waals surface area contributed by atoms with Gasteiger partial charge >= 0.3 is 0 Å². The molecule has 2 rings (SSSR count). The van der Waals surface area contributed by atoms with Crippen LogP contribution in [0.25, 0.3) is 0 Å². The van der Waals surface area contributed by atoms with Crippen LogP contribution in [0.5, 0.6) is 0 Å². The average molecular weight is 228 g/mol. The first-order valence-corrected chi connectivity index (χ1v) is 6.20. The average Bonchev–Trinajstić information content (AvgIpc) is 2.70. The van der Waals surface area contributed by atoms with Crippen molar-refractivity contribution in [3.05, 3.63) is 12.2 Å². The zero-order chi connectivity index (χ0) is 10.8. The van der Waals surface area contributed by atoms with Crippen LogP contribution in [0.4, 0.5) is 0 Å². The highest BCUT2D eigenvalue weighted by atomic mass is 35.5. The van der Waals surface area contributed by atoms with Crippen LogP contribution in [0.15, 0.2) is 6.33 Å². The maximum absolute atomic E-state index is 5.83. The molecule has 84 valence electrons. The molecule has 1 aliphatic rings. The Bertz CT molecular complexity index is 323. The Labute approximate surface area is 95.8 Å². The van der Waals surface area contributed by atoms with Gasteiger partial charge in [0.25, 0.3) is 0 Å². The van der Waals surface area contributed by atoms with Crippen LogP contribution >= 0.6 is 11.6 Å². The summed E-state index contributed by atoms with van der Waals surface area (Å²) in [6.45, 7) is 4.67. The van der Waals surface area contributed by atoms with Gasteiger partial charge < -0.3 is 0 Å². The summed E-state index contributed by atoms with van der Waals surface area (Å²) < 4.78 is 2.02. The molecule has 0 saturated heterocycles. The Morgan fingerprint density at radius 3 is 2.87 bits per heavy atom. The molecule has 1 aromatic heterocycles. The van der Waals surface area contributed by atoms with E-state index in [4.69, 9.17) is 11.6 Å². The van der Waals surface area contributed by atoms with E-state index in [0.717, 1.165) is 17.7 Å². The second-order valence-electron chi connectivity index (χ2n) is 4.68. The highest BCUT2D eigenvalue weighted by Gasteiger charge is 2.27. The molecule has 3 atom stereocenters. The molecule has 0 N–H and O–H groups in total. The predicted octanol–water partition coefficient (Wildman–Crippen LogP) is 3.01. The van der Waals surface area contributed by atoms with Gasteiger partial charge in [0.2, 0.25) is 0 Å². The highest BCUT2D eigenvalue weighted by molar-refractivity contribution is 6.16. The largest absolute Gasteiger partial charge is 0.246 e. The molecule has 15 heavy (non-hydrogen) atoms. The molecular formula is C11H18ClN3. The Morgan fingerprint density at radius 1 is 1.40 bits per heavy atom. The van der Waals surface area contributed by atoms with Crippen molar-refractivity contribution < 1.29 is 0 Å². The van der Waals surface area contributed by atoms with Crippen molar-refractivity contribution in [3.63, 3.8) is 0 Å². The molecule has 0 radical (unpaired) electrons. The van der Waals surface area contributed by atoms with Gasteiger partial charge in [-0.05, 0) is 31.1 Å². The summed E-state index contributed by atoms with van der Waals surface area (Å²) in [5.74, 6) is 2.98. The Hall–Kier alpha value is -0.570. The smallest absolute Gasteiger partial charge is 0.142 e. The maximum atomic E-state index is 5.83. The van der Waals surface area contributed by atoms with Gasteiger partial charge in [-0.15, -0.1) is 11.6 Å². The van der Waals surface area contributed by atoms with Crippen LogP contribution < -0.4 is 0 Å². The van der Waals surface area contributed by atoms with Gasteiger partial charge in [0, 0.05) is 0 Å². The minimum atomic E-state index is 0.459. The van der Waals surface area contributed by atoms with Crippen molar-refractivity contribution in [2.75, 3.05) is 0 Å². The molecular weight excluding hydrogens is 210 g/mol. The molecule has 1 aromatic rings. The fourth-order valence-electron chi connectivity index (χ4n) is 2.42. The monoisotopic (exact) mass is 227 g/mol. The molecule has 0 spiro atoms. The first kappa shape index (κ1) is 10.9.